The van der Waals surface area contributed by atoms with Crippen LogP contribution in [-0.4, -0.2) is 54.3 Å². The smallest absolute Gasteiger partial charge is 0.288 e. The number of aromatic amines is 1. The molecule has 0 fully saturated rings. The number of likely N-dealkylation sites (N-methyl/N-ethyl adjacent to an activating group) is 1. The fraction of sp³-hybridized carbons (Fsp3) is 0.258. The van der Waals surface area contributed by atoms with Crippen LogP contribution in [0.15, 0.2) is 52.3 Å². The van der Waals surface area contributed by atoms with Crippen LogP contribution in [0.2, 0.25) is 0 Å². The van der Waals surface area contributed by atoms with Crippen molar-refractivity contribution in [2.45, 2.75) is 39.3 Å². The number of carbonyl (C=O) groups is 1. The minimum Gasteiger partial charge on any atom is -0.334 e. The molecule has 0 unspecified atom stereocenters. The van der Waals surface area contributed by atoms with Gasteiger partial charge in [-0.3, -0.25) is 28.5 Å². The largest absolute Gasteiger partial charge is 0.334 e. The van der Waals surface area contributed by atoms with Gasteiger partial charge in [-0.2, -0.15) is 15.5 Å². The number of hydrogen-bond acceptors (Lipinski definition) is 9. The topological polar surface area (TPSA) is 155 Å². The summed E-state index contributed by atoms with van der Waals surface area (Å²) in [5, 5.41) is 24.0. The molecule has 2 N–H and O–H groups in total. The first-order chi connectivity index (χ1) is 21.0. The van der Waals surface area contributed by atoms with Crippen LogP contribution >= 0.6 is 0 Å². The number of hydrogen-bond donors (Lipinski definition) is 2. The zero-order valence-electron chi connectivity index (χ0n) is 24.5. The molecule has 0 radical (unpaired) electrons. The number of halogens is 1. The number of fused-ring (bicyclic) bond motifs is 2. The summed E-state index contributed by atoms with van der Waals surface area (Å²) in [6.45, 7) is 7.33. The van der Waals surface area contributed by atoms with Crippen molar-refractivity contribution in [3.05, 3.63) is 91.6 Å². The summed E-state index contributed by atoms with van der Waals surface area (Å²) in [6.07, 6.45) is 3.36. The molecule has 12 nitrogen and oxygen atoms in total. The molecule has 0 bridgehead atoms. The highest BCUT2D eigenvalue weighted by atomic mass is 19.1. The van der Waals surface area contributed by atoms with Gasteiger partial charge in [-0.25, -0.2) is 14.5 Å². The summed E-state index contributed by atoms with van der Waals surface area (Å²) in [6, 6.07) is 9.89. The van der Waals surface area contributed by atoms with Gasteiger partial charge in [-0.15, -0.1) is 0 Å². The van der Waals surface area contributed by atoms with Crippen molar-refractivity contribution >= 4 is 28.6 Å². The number of H-pyrrole nitrogens is 1. The molecule has 4 aromatic heterocycles. The Bertz CT molecular complexity index is 2140. The molecule has 0 spiro atoms. The highest BCUT2D eigenvalue weighted by Crippen LogP contribution is 2.31. The van der Waals surface area contributed by atoms with Crippen LogP contribution in [0.4, 0.5) is 15.9 Å². The number of aromatic nitrogens is 6. The van der Waals surface area contributed by atoms with E-state index in [0.717, 1.165) is 29.9 Å². The first-order valence-corrected chi connectivity index (χ1v) is 13.9. The van der Waals surface area contributed by atoms with Gasteiger partial charge in [0.1, 0.15) is 11.5 Å². The molecule has 6 rings (SSSR count). The maximum Gasteiger partial charge on any atom is 0.288 e. The zero-order valence-corrected chi connectivity index (χ0v) is 24.5. The van der Waals surface area contributed by atoms with Crippen molar-refractivity contribution in [3.63, 3.8) is 0 Å². The average molecular weight is 594 g/mol. The fourth-order valence-corrected chi connectivity index (χ4v) is 5.43. The number of nitrogens with zero attached hydrogens (tertiary/aromatic N) is 7. The number of carbonyl (C=O) groups excluding carboxylic acids is 1. The monoisotopic (exact) mass is 593 g/mol. The molecular weight excluding hydrogens is 565 g/mol. The van der Waals surface area contributed by atoms with Gasteiger partial charge >= 0.3 is 0 Å². The van der Waals surface area contributed by atoms with Crippen molar-refractivity contribution in [2.24, 2.45) is 0 Å². The van der Waals surface area contributed by atoms with Gasteiger partial charge in [-0.1, -0.05) is 0 Å². The van der Waals surface area contributed by atoms with E-state index in [1.54, 1.807) is 32.9 Å². The summed E-state index contributed by atoms with van der Waals surface area (Å²) in [7, 11) is 2.02. The van der Waals surface area contributed by atoms with E-state index in [1.165, 1.54) is 24.5 Å². The fourth-order valence-electron chi connectivity index (χ4n) is 5.43. The van der Waals surface area contributed by atoms with Gasteiger partial charge in [0.25, 0.3) is 11.1 Å². The Morgan fingerprint density at radius 1 is 1.18 bits per heavy atom. The lowest BCUT2D eigenvalue weighted by Gasteiger charge is -2.22. The quantitative estimate of drug-likeness (QED) is 0.281. The molecule has 1 aromatic carbocycles. The second-order valence-electron chi connectivity index (χ2n) is 11.4. The Kier molecular flexibility index (Phi) is 6.94. The summed E-state index contributed by atoms with van der Waals surface area (Å²) < 4.78 is 18.3. The lowest BCUT2D eigenvalue weighted by molar-refractivity contribution is 0.112. The Balaban J connectivity index is 1.45. The van der Waals surface area contributed by atoms with Crippen molar-refractivity contribution in [3.8, 4) is 23.1 Å². The van der Waals surface area contributed by atoms with E-state index in [4.69, 9.17) is 0 Å². The van der Waals surface area contributed by atoms with Crippen LogP contribution in [0.1, 0.15) is 41.0 Å². The van der Waals surface area contributed by atoms with Crippen LogP contribution in [0.5, 0.6) is 0 Å². The van der Waals surface area contributed by atoms with Crippen LogP contribution in [0.25, 0.3) is 27.8 Å². The Morgan fingerprint density at radius 2 is 1.98 bits per heavy atom. The second kappa shape index (κ2) is 10.7. The number of nitriles is 1. The third kappa shape index (κ3) is 4.75. The molecule has 0 saturated carbocycles. The van der Waals surface area contributed by atoms with Gasteiger partial charge in [0.05, 0.1) is 40.4 Å². The number of rotatable bonds is 6. The predicted octanol–water partition coefficient (Wildman–Crippen LogP) is 3.58. The van der Waals surface area contributed by atoms with Gasteiger partial charge in [0.2, 0.25) is 0 Å². The van der Waals surface area contributed by atoms with E-state index in [2.05, 4.69) is 36.6 Å². The Hall–Kier alpha value is -5.48. The van der Waals surface area contributed by atoms with Crippen molar-refractivity contribution < 1.29 is 9.18 Å². The molecule has 0 aliphatic carbocycles. The van der Waals surface area contributed by atoms with Gasteiger partial charge in [-0.05, 0) is 63.0 Å². The molecule has 44 heavy (non-hydrogen) atoms. The molecule has 1 aliphatic rings. The maximum absolute atomic E-state index is 15.3. The minimum atomic E-state index is -0.965. The average Bonchev–Trinajstić information content (AvgIpc) is 3.40. The zero-order chi connectivity index (χ0) is 31.3. The summed E-state index contributed by atoms with van der Waals surface area (Å²) in [5.74, 6) is -0.318. The Labute approximate surface area is 250 Å². The van der Waals surface area contributed by atoms with Crippen molar-refractivity contribution in [1.82, 2.24) is 34.4 Å². The summed E-state index contributed by atoms with van der Waals surface area (Å²) in [4.78, 5) is 45.4. The standard InChI is InChI=1S/C31H28FN9O3/c1-17-26(36-37-29(43)27(17)35-24-13-20-14-39(4)9-10-41(20)38-24)21-5-7-34-28(22(21)15-42)40-8-6-18-11-19(31(2,3)16-33)12-23(32)25(18)30(40)44/h5-8,11-13,15H,9-10,14H2,1-4H3,(H,37,43)(H,35,36,38). The lowest BCUT2D eigenvalue weighted by atomic mass is 9.85. The minimum absolute atomic E-state index is 0.0192. The number of aldehydes is 1. The third-order valence-electron chi connectivity index (χ3n) is 8.00. The number of anilines is 2. The van der Waals surface area contributed by atoms with E-state index in [-0.39, 0.29) is 28.1 Å². The second-order valence-corrected chi connectivity index (χ2v) is 11.4. The molecule has 1 aliphatic heterocycles. The molecule has 13 heteroatoms. The summed E-state index contributed by atoms with van der Waals surface area (Å²) >= 11 is 0. The van der Waals surface area contributed by atoms with Gasteiger partial charge in [0, 0.05) is 42.7 Å². The molecule has 5 aromatic rings. The van der Waals surface area contributed by atoms with Gasteiger partial charge in [0.15, 0.2) is 17.9 Å². The first kappa shape index (κ1) is 28.6. The summed E-state index contributed by atoms with van der Waals surface area (Å²) in [5.41, 5.74) is 0.539. The molecule has 0 amide bonds. The van der Waals surface area contributed by atoms with E-state index in [1.807, 2.05) is 17.8 Å². The Morgan fingerprint density at radius 3 is 2.73 bits per heavy atom. The van der Waals surface area contributed by atoms with Crippen LogP contribution in [0, 0.1) is 24.1 Å². The van der Waals surface area contributed by atoms with E-state index >= 15 is 4.39 Å². The lowest BCUT2D eigenvalue weighted by Crippen LogP contribution is -2.30. The molecule has 222 valence electrons. The van der Waals surface area contributed by atoms with Crippen LogP contribution in [0.3, 0.4) is 0 Å². The van der Waals surface area contributed by atoms with E-state index < -0.39 is 22.4 Å². The van der Waals surface area contributed by atoms with Crippen LogP contribution in [-0.2, 0) is 18.5 Å². The molecule has 0 atom stereocenters. The van der Waals surface area contributed by atoms with Gasteiger partial charge < -0.3 is 5.32 Å². The molecule has 5 heterocycles. The van der Waals surface area contributed by atoms with Crippen molar-refractivity contribution in [2.75, 3.05) is 18.9 Å². The number of benzene rings is 1. The molecular formula is C31H28FN9O3. The predicted molar refractivity (Wildman–Crippen MR) is 162 cm³/mol. The number of pyridine rings is 2. The van der Waals surface area contributed by atoms with E-state index in [9.17, 15) is 19.6 Å². The number of nitrogens with one attached hydrogen (secondary N) is 2. The highest BCUT2D eigenvalue weighted by molar-refractivity contribution is 5.92. The SMILES string of the molecule is Cc1c(-c2ccnc(-n3ccc4cc(C(C)(C)C#N)cc(F)c4c3=O)c2C=O)n[nH]c(=O)c1Nc1cc2n(n1)CCN(C)C2. The third-order valence-corrected chi connectivity index (χ3v) is 8.00. The highest BCUT2D eigenvalue weighted by Gasteiger charge is 2.24. The van der Waals surface area contributed by atoms with Crippen LogP contribution < -0.4 is 16.4 Å². The molecule has 0 saturated heterocycles. The normalized spacial score (nSPS) is 13.5. The first-order valence-electron chi connectivity index (χ1n) is 13.9. The maximum atomic E-state index is 15.3. The van der Waals surface area contributed by atoms with Crippen molar-refractivity contribution in [1.29, 1.82) is 5.26 Å². The van der Waals surface area contributed by atoms with E-state index in [0.29, 0.717) is 34.2 Å².